The lowest BCUT2D eigenvalue weighted by Crippen LogP contribution is -2.37. The van der Waals surface area contributed by atoms with Gasteiger partial charge in [-0.05, 0) is 18.6 Å². The average Bonchev–Trinajstić information content (AvgIpc) is 2.56. The molecule has 0 aromatic heterocycles. The fraction of sp³-hybridized carbons (Fsp3) is 0.235. The third kappa shape index (κ3) is 4.45. The van der Waals surface area contributed by atoms with E-state index in [0.29, 0.717) is 6.54 Å². The van der Waals surface area contributed by atoms with Crippen LogP contribution in [0.25, 0.3) is 0 Å². The van der Waals surface area contributed by atoms with E-state index >= 15 is 0 Å². The third-order valence-corrected chi connectivity index (χ3v) is 3.71. The van der Waals surface area contributed by atoms with Crippen LogP contribution in [0.1, 0.15) is 12.5 Å². The number of nitro groups is 1. The molecular formula is C17H17ClN2O4. The molecule has 2 aromatic rings. The number of benzene rings is 2. The summed E-state index contributed by atoms with van der Waals surface area (Å²) in [6.45, 7) is 2.07. The van der Waals surface area contributed by atoms with E-state index in [1.165, 1.54) is 18.2 Å². The summed E-state index contributed by atoms with van der Waals surface area (Å²) in [5, 5.41) is 10.8. The molecule has 0 radical (unpaired) electrons. The average molecular weight is 349 g/mol. The fourth-order valence-corrected chi connectivity index (χ4v) is 2.40. The fourth-order valence-electron chi connectivity index (χ4n) is 2.19. The van der Waals surface area contributed by atoms with Crippen LogP contribution in [0.15, 0.2) is 48.5 Å². The first kappa shape index (κ1) is 17.7. The minimum Gasteiger partial charge on any atom is -0.479 e. The van der Waals surface area contributed by atoms with Crippen LogP contribution in [0.4, 0.5) is 5.69 Å². The van der Waals surface area contributed by atoms with E-state index in [2.05, 4.69) is 0 Å². The van der Waals surface area contributed by atoms with Crippen molar-refractivity contribution >= 4 is 23.2 Å². The lowest BCUT2D eigenvalue weighted by molar-refractivity contribution is -0.384. The molecule has 6 nitrogen and oxygen atoms in total. The van der Waals surface area contributed by atoms with E-state index in [-0.39, 0.29) is 22.4 Å². The molecule has 0 aliphatic carbocycles. The molecule has 126 valence electrons. The molecule has 7 heteroatoms. The molecule has 0 aliphatic rings. The monoisotopic (exact) mass is 348 g/mol. The predicted octanol–water partition coefficient (Wildman–Crippen LogP) is 3.67. The Hall–Kier alpha value is -2.60. The van der Waals surface area contributed by atoms with E-state index in [1.807, 2.05) is 30.3 Å². The lowest BCUT2D eigenvalue weighted by atomic mass is 10.2. The van der Waals surface area contributed by atoms with Crippen molar-refractivity contribution in [2.75, 3.05) is 7.05 Å². The van der Waals surface area contributed by atoms with Gasteiger partial charge in [-0.2, -0.15) is 0 Å². The number of carbonyl (C=O) groups excluding carboxylic acids is 1. The zero-order chi connectivity index (χ0) is 17.7. The van der Waals surface area contributed by atoms with E-state index in [9.17, 15) is 14.9 Å². The van der Waals surface area contributed by atoms with Crippen LogP contribution < -0.4 is 4.74 Å². The maximum atomic E-state index is 12.4. The van der Waals surface area contributed by atoms with Crippen LogP contribution in [0.5, 0.6) is 5.75 Å². The highest BCUT2D eigenvalue weighted by Gasteiger charge is 2.21. The van der Waals surface area contributed by atoms with Gasteiger partial charge in [-0.1, -0.05) is 41.9 Å². The number of likely N-dealkylation sites (N-methyl/N-ethyl adjacent to an activating group) is 1. The van der Waals surface area contributed by atoms with Gasteiger partial charge < -0.3 is 9.64 Å². The van der Waals surface area contributed by atoms with Gasteiger partial charge in [0.05, 0.1) is 9.95 Å². The number of ether oxygens (including phenoxy) is 1. The standard InChI is InChI=1S/C17H17ClN2O4/c1-12(17(21)19(2)11-13-6-4-3-5-7-13)24-16-9-8-14(20(22)23)10-15(16)18/h3-10,12H,11H2,1-2H3. The Bertz CT molecular complexity index is 737. The molecule has 2 rings (SSSR count). The second-order valence-corrected chi connectivity index (χ2v) is 5.72. The Morgan fingerprint density at radius 1 is 1.29 bits per heavy atom. The molecule has 0 heterocycles. The molecule has 0 saturated heterocycles. The number of nitrogens with zero attached hydrogens (tertiary/aromatic N) is 2. The topological polar surface area (TPSA) is 72.7 Å². The van der Waals surface area contributed by atoms with Crippen molar-refractivity contribution in [2.45, 2.75) is 19.6 Å². The molecule has 0 spiro atoms. The zero-order valence-corrected chi connectivity index (χ0v) is 14.1. The Balaban J connectivity index is 2.02. The zero-order valence-electron chi connectivity index (χ0n) is 13.3. The van der Waals surface area contributed by atoms with Crippen molar-refractivity contribution < 1.29 is 14.5 Å². The first-order chi connectivity index (χ1) is 11.4. The van der Waals surface area contributed by atoms with Gasteiger partial charge in [-0.3, -0.25) is 14.9 Å². The van der Waals surface area contributed by atoms with Gasteiger partial charge in [0.1, 0.15) is 5.75 Å². The number of hydrogen-bond acceptors (Lipinski definition) is 4. The van der Waals surface area contributed by atoms with Gasteiger partial charge in [0.2, 0.25) is 0 Å². The van der Waals surface area contributed by atoms with Crippen LogP contribution in [0, 0.1) is 10.1 Å². The molecular weight excluding hydrogens is 332 g/mol. The summed E-state index contributed by atoms with van der Waals surface area (Å²) in [6, 6.07) is 13.5. The van der Waals surface area contributed by atoms with E-state index in [0.717, 1.165) is 5.56 Å². The van der Waals surface area contributed by atoms with Crippen LogP contribution in [0.3, 0.4) is 0 Å². The Labute approximate surface area is 144 Å². The molecule has 0 aliphatic heterocycles. The number of non-ortho nitro benzene ring substituents is 1. The number of amides is 1. The SMILES string of the molecule is CC(Oc1ccc([N+](=O)[O-])cc1Cl)C(=O)N(C)Cc1ccccc1. The van der Waals surface area contributed by atoms with Crippen LogP contribution in [-0.2, 0) is 11.3 Å². The van der Waals surface area contributed by atoms with Gasteiger partial charge in [0.15, 0.2) is 6.10 Å². The minimum absolute atomic E-state index is 0.0922. The molecule has 2 aromatic carbocycles. The smallest absolute Gasteiger partial charge is 0.271 e. The first-order valence-electron chi connectivity index (χ1n) is 7.28. The highest BCUT2D eigenvalue weighted by atomic mass is 35.5. The van der Waals surface area contributed by atoms with Crippen molar-refractivity contribution in [3.63, 3.8) is 0 Å². The van der Waals surface area contributed by atoms with Crippen molar-refractivity contribution in [1.82, 2.24) is 4.90 Å². The first-order valence-corrected chi connectivity index (χ1v) is 7.65. The third-order valence-electron chi connectivity index (χ3n) is 3.42. The molecule has 24 heavy (non-hydrogen) atoms. The number of rotatable bonds is 6. The molecule has 1 atom stereocenters. The molecule has 0 fully saturated rings. The molecule has 0 bridgehead atoms. The number of halogens is 1. The van der Waals surface area contributed by atoms with Crippen molar-refractivity contribution in [3.8, 4) is 5.75 Å². The largest absolute Gasteiger partial charge is 0.479 e. The van der Waals surface area contributed by atoms with Crippen molar-refractivity contribution in [2.24, 2.45) is 0 Å². The van der Waals surface area contributed by atoms with Gasteiger partial charge in [-0.25, -0.2) is 0 Å². The van der Waals surface area contributed by atoms with Crippen molar-refractivity contribution in [1.29, 1.82) is 0 Å². The Kier molecular flexibility index (Phi) is 5.76. The molecule has 1 amide bonds. The lowest BCUT2D eigenvalue weighted by Gasteiger charge is -2.22. The summed E-state index contributed by atoms with van der Waals surface area (Å²) < 4.78 is 5.55. The second kappa shape index (κ2) is 7.79. The Morgan fingerprint density at radius 2 is 1.96 bits per heavy atom. The van der Waals surface area contributed by atoms with E-state index in [4.69, 9.17) is 16.3 Å². The summed E-state index contributed by atoms with van der Waals surface area (Å²) in [5.74, 6) is 0.0181. The predicted molar refractivity (Wildman–Crippen MR) is 91.1 cm³/mol. The Morgan fingerprint density at radius 3 is 2.54 bits per heavy atom. The number of nitro benzene ring substituents is 1. The quantitative estimate of drug-likeness (QED) is 0.589. The number of carbonyl (C=O) groups is 1. The maximum Gasteiger partial charge on any atom is 0.271 e. The van der Waals surface area contributed by atoms with E-state index < -0.39 is 11.0 Å². The summed E-state index contributed by atoms with van der Waals surface area (Å²) in [4.78, 5) is 24.1. The summed E-state index contributed by atoms with van der Waals surface area (Å²) in [5.41, 5.74) is 0.876. The van der Waals surface area contributed by atoms with Gasteiger partial charge in [0, 0.05) is 25.7 Å². The molecule has 0 N–H and O–H groups in total. The summed E-state index contributed by atoms with van der Waals surface area (Å²) in [6.07, 6.45) is -0.766. The van der Waals surface area contributed by atoms with E-state index in [1.54, 1.807) is 18.9 Å². The minimum atomic E-state index is -0.766. The number of hydrogen-bond donors (Lipinski definition) is 0. The summed E-state index contributed by atoms with van der Waals surface area (Å²) >= 11 is 5.98. The highest BCUT2D eigenvalue weighted by Crippen LogP contribution is 2.29. The van der Waals surface area contributed by atoms with Crippen molar-refractivity contribution in [3.05, 3.63) is 69.2 Å². The van der Waals surface area contributed by atoms with Crippen LogP contribution >= 0.6 is 11.6 Å². The normalized spacial score (nSPS) is 11.6. The molecule has 0 saturated carbocycles. The highest BCUT2D eigenvalue weighted by molar-refractivity contribution is 6.32. The van der Waals surface area contributed by atoms with Gasteiger partial charge >= 0.3 is 0 Å². The molecule has 1 unspecified atom stereocenters. The second-order valence-electron chi connectivity index (χ2n) is 5.31. The van der Waals surface area contributed by atoms with Gasteiger partial charge in [-0.15, -0.1) is 0 Å². The van der Waals surface area contributed by atoms with Gasteiger partial charge in [0.25, 0.3) is 11.6 Å². The van der Waals surface area contributed by atoms with Crippen LogP contribution in [0.2, 0.25) is 5.02 Å². The maximum absolute atomic E-state index is 12.4. The van der Waals surface area contributed by atoms with Crippen LogP contribution in [-0.4, -0.2) is 28.9 Å². The summed E-state index contributed by atoms with van der Waals surface area (Å²) in [7, 11) is 1.69.